The monoisotopic (exact) mass is 413 g/mol. The third-order valence-electron chi connectivity index (χ3n) is 7.04. The van der Waals surface area contributed by atoms with Gasteiger partial charge < -0.3 is 15.2 Å². The van der Waals surface area contributed by atoms with E-state index < -0.39 is 0 Å². The predicted molar refractivity (Wildman–Crippen MR) is 125 cm³/mol. The fraction of sp³-hybridized carbons (Fsp3) is 0.357. The van der Waals surface area contributed by atoms with Gasteiger partial charge in [-0.3, -0.25) is 0 Å². The highest BCUT2D eigenvalue weighted by molar-refractivity contribution is 5.48. The maximum absolute atomic E-state index is 10.0. The second-order valence-electron chi connectivity index (χ2n) is 9.01. The lowest BCUT2D eigenvalue weighted by Gasteiger charge is -2.35. The summed E-state index contributed by atoms with van der Waals surface area (Å²) >= 11 is 0. The lowest BCUT2D eigenvalue weighted by atomic mass is 9.69. The largest absolute Gasteiger partial charge is 0.508 e. The number of fused-ring (bicyclic) bond motifs is 1. The van der Waals surface area contributed by atoms with Crippen LogP contribution in [0.1, 0.15) is 60.3 Å². The van der Waals surface area contributed by atoms with E-state index in [9.17, 15) is 5.11 Å². The topological polar surface area (TPSA) is 41.5 Å². The van der Waals surface area contributed by atoms with Crippen molar-refractivity contribution >= 4 is 0 Å². The van der Waals surface area contributed by atoms with Crippen LogP contribution >= 0.6 is 0 Å². The smallest absolute Gasteiger partial charge is 0.119 e. The minimum atomic E-state index is 0.170. The van der Waals surface area contributed by atoms with Crippen LogP contribution in [0.5, 0.6) is 11.5 Å². The van der Waals surface area contributed by atoms with Crippen LogP contribution in [0, 0.1) is 0 Å². The third kappa shape index (κ3) is 4.20. The fourth-order valence-electron chi connectivity index (χ4n) is 5.44. The molecule has 160 valence electrons. The molecule has 3 aromatic carbocycles. The lowest BCUT2D eigenvalue weighted by molar-refractivity contribution is 0.180. The van der Waals surface area contributed by atoms with Gasteiger partial charge in [0.1, 0.15) is 17.6 Å². The van der Waals surface area contributed by atoms with Gasteiger partial charge in [0, 0.05) is 12.0 Å². The summed E-state index contributed by atoms with van der Waals surface area (Å²) in [6, 6.07) is 25.9. The van der Waals surface area contributed by atoms with Gasteiger partial charge in [-0.25, -0.2) is 0 Å². The van der Waals surface area contributed by atoms with Gasteiger partial charge in [0.2, 0.25) is 0 Å². The molecular weight excluding hydrogens is 382 g/mol. The Balaban J connectivity index is 1.45. The molecule has 2 N–H and O–H groups in total. The Hall–Kier alpha value is -2.78. The standard InChI is InChI=1S/C28H31NO2/c1-19(27-8-5-17-29-27)31-24-13-9-21(10-14-24)28-25(20-6-3-2-4-7-20)15-11-22-18-23(30)12-16-26(22)28/h2-4,6-7,9-10,12-14,16,18-19,25,27-30H,5,8,11,15,17H2,1H3. The second kappa shape index (κ2) is 8.76. The summed E-state index contributed by atoms with van der Waals surface area (Å²) in [5.74, 6) is 1.98. The Morgan fingerprint density at radius 2 is 1.74 bits per heavy atom. The van der Waals surface area contributed by atoms with E-state index in [1.165, 1.54) is 35.1 Å². The van der Waals surface area contributed by atoms with Gasteiger partial charge in [-0.15, -0.1) is 0 Å². The van der Waals surface area contributed by atoms with Crippen LogP contribution in [0.4, 0.5) is 0 Å². The quantitative estimate of drug-likeness (QED) is 0.558. The van der Waals surface area contributed by atoms with Gasteiger partial charge >= 0.3 is 0 Å². The summed E-state index contributed by atoms with van der Waals surface area (Å²) in [6.45, 7) is 3.25. The number of benzene rings is 3. The summed E-state index contributed by atoms with van der Waals surface area (Å²) in [7, 11) is 0. The van der Waals surface area contributed by atoms with Crippen LogP contribution in [0.3, 0.4) is 0 Å². The molecule has 0 amide bonds. The van der Waals surface area contributed by atoms with E-state index in [4.69, 9.17) is 4.74 Å². The molecule has 2 aliphatic rings. The molecule has 31 heavy (non-hydrogen) atoms. The van der Waals surface area contributed by atoms with Crippen LogP contribution in [0.2, 0.25) is 0 Å². The number of aryl methyl sites for hydroxylation is 1. The molecule has 0 saturated carbocycles. The van der Waals surface area contributed by atoms with E-state index in [0.29, 0.717) is 17.7 Å². The molecule has 1 heterocycles. The Bertz CT molecular complexity index is 1010. The zero-order valence-corrected chi connectivity index (χ0v) is 18.1. The highest BCUT2D eigenvalue weighted by atomic mass is 16.5. The molecule has 5 rings (SSSR count). The molecular formula is C28H31NO2. The molecule has 3 heteroatoms. The van der Waals surface area contributed by atoms with E-state index in [2.05, 4.69) is 72.9 Å². The number of hydrogen-bond acceptors (Lipinski definition) is 3. The molecule has 1 fully saturated rings. The zero-order chi connectivity index (χ0) is 21.2. The van der Waals surface area contributed by atoms with Crippen LogP contribution < -0.4 is 10.1 Å². The van der Waals surface area contributed by atoms with Crippen molar-refractivity contribution in [3.63, 3.8) is 0 Å². The summed E-state index contributed by atoms with van der Waals surface area (Å²) < 4.78 is 6.24. The van der Waals surface area contributed by atoms with Crippen molar-refractivity contribution in [2.75, 3.05) is 6.54 Å². The van der Waals surface area contributed by atoms with Gasteiger partial charge in [-0.2, -0.15) is 0 Å². The van der Waals surface area contributed by atoms with Crippen molar-refractivity contribution in [2.45, 2.75) is 56.6 Å². The van der Waals surface area contributed by atoms with E-state index in [1.807, 2.05) is 12.1 Å². The van der Waals surface area contributed by atoms with Gasteiger partial charge in [-0.1, -0.05) is 48.5 Å². The second-order valence-corrected chi connectivity index (χ2v) is 9.01. The molecule has 0 radical (unpaired) electrons. The number of hydrogen-bond donors (Lipinski definition) is 2. The maximum atomic E-state index is 10.0. The first-order chi connectivity index (χ1) is 15.2. The lowest BCUT2D eigenvalue weighted by Crippen LogP contribution is -2.36. The molecule has 0 bridgehead atoms. The molecule has 3 aromatic rings. The van der Waals surface area contributed by atoms with Crippen LogP contribution in [-0.4, -0.2) is 23.8 Å². The Morgan fingerprint density at radius 3 is 2.48 bits per heavy atom. The van der Waals surface area contributed by atoms with Gasteiger partial charge in [0.15, 0.2) is 0 Å². The highest BCUT2D eigenvalue weighted by Crippen LogP contribution is 2.47. The molecule has 1 aliphatic heterocycles. The van der Waals surface area contributed by atoms with Crippen molar-refractivity contribution in [3.8, 4) is 11.5 Å². The van der Waals surface area contributed by atoms with Gasteiger partial charge in [-0.05, 0) is 91.6 Å². The average molecular weight is 414 g/mol. The maximum Gasteiger partial charge on any atom is 0.119 e. The van der Waals surface area contributed by atoms with Crippen molar-refractivity contribution in [3.05, 3.63) is 95.1 Å². The fourth-order valence-corrected chi connectivity index (χ4v) is 5.44. The molecule has 0 aromatic heterocycles. The molecule has 1 saturated heterocycles. The normalized spacial score (nSPS) is 23.8. The predicted octanol–water partition coefficient (Wildman–Crippen LogP) is 5.77. The highest BCUT2D eigenvalue weighted by Gasteiger charge is 2.32. The first kappa shape index (κ1) is 20.1. The van der Waals surface area contributed by atoms with E-state index in [1.54, 1.807) is 0 Å². The van der Waals surface area contributed by atoms with E-state index in [-0.39, 0.29) is 12.0 Å². The number of rotatable bonds is 5. The minimum absolute atomic E-state index is 0.170. The molecule has 0 spiro atoms. The summed E-state index contributed by atoms with van der Waals surface area (Å²) in [6.07, 6.45) is 4.66. The first-order valence-electron chi connectivity index (χ1n) is 11.6. The Morgan fingerprint density at radius 1 is 0.935 bits per heavy atom. The summed E-state index contributed by atoms with van der Waals surface area (Å²) in [5, 5.41) is 13.6. The zero-order valence-electron chi connectivity index (χ0n) is 18.1. The number of phenolic OH excluding ortho intramolecular Hbond substituents is 1. The summed E-state index contributed by atoms with van der Waals surface area (Å²) in [4.78, 5) is 0. The van der Waals surface area contributed by atoms with Crippen LogP contribution in [0.15, 0.2) is 72.8 Å². The Labute approximate surface area is 185 Å². The first-order valence-corrected chi connectivity index (χ1v) is 11.6. The SMILES string of the molecule is CC(Oc1ccc(C2c3ccc(O)cc3CCC2c2ccccc2)cc1)C1CCCN1. The third-order valence-corrected chi connectivity index (χ3v) is 7.04. The molecule has 4 unspecified atom stereocenters. The number of aromatic hydroxyl groups is 1. The Kier molecular flexibility index (Phi) is 5.69. The van der Waals surface area contributed by atoms with Gasteiger partial charge in [0.05, 0.1) is 0 Å². The number of ether oxygens (including phenoxy) is 1. The van der Waals surface area contributed by atoms with Crippen molar-refractivity contribution in [1.82, 2.24) is 5.32 Å². The van der Waals surface area contributed by atoms with Crippen molar-refractivity contribution in [2.24, 2.45) is 0 Å². The van der Waals surface area contributed by atoms with Crippen LogP contribution in [-0.2, 0) is 6.42 Å². The van der Waals surface area contributed by atoms with Crippen LogP contribution in [0.25, 0.3) is 0 Å². The van der Waals surface area contributed by atoms with Crippen molar-refractivity contribution in [1.29, 1.82) is 0 Å². The molecule has 3 nitrogen and oxygen atoms in total. The van der Waals surface area contributed by atoms with Gasteiger partial charge in [0.25, 0.3) is 0 Å². The van der Waals surface area contributed by atoms with Crippen molar-refractivity contribution < 1.29 is 9.84 Å². The molecule has 1 aliphatic carbocycles. The average Bonchev–Trinajstić information content (AvgIpc) is 3.35. The summed E-state index contributed by atoms with van der Waals surface area (Å²) in [5.41, 5.74) is 5.28. The number of nitrogens with one attached hydrogen (secondary N) is 1. The number of phenols is 1. The molecule has 4 atom stereocenters. The van der Waals surface area contributed by atoms with E-state index >= 15 is 0 Å². The van der Waals surface area contributed by atoms with E-state index in [0.717, 1.165) is 25.1 Å². The minimum Gasteiger partial charge on any atom is -0.508 e.